The normalized spacial score (nSPS) is 12.5. The van der Waals surface area contributed by atoms with Crippen molar-refractivity contribution in [1.82, 2.24) is 14.5 Å². The van der Waals surface area contributed by atoms with Gasteiger partial charge in [-0.15, -0.1) is 0 Å². The van der Waals surface area contributed by atoms with Crippen LogP contribution < -0.4 is 10.4 Å². The Morgan fingerprint density at radius 2 is 1.79 bits per heavy atom. The lowest BCUT2D eigenvalue weighted by Crippen LogP contribution is -2.30. The summed E-state index contributed by atoms with van der Waals surface area (Å²) in [5.41, 5.74) is 0.339. The Hall–Kier alpha value is -4.36. The van der Waals surface area contributed by atoms with Crippen LogP contribution in [0.3, 0.4) is 0 Å². The van der Waals surface area contributed by atoms with Gasteiger partial charge in [0.25, 0.3) is 0 Å². The Kier molecular flexibility index (Phi) is 8.88. The number of pyridine rings is 1. The van der Waals surface area contributed by atoms with Crippen LogP contribution in [0, 0.1) is 6.92 Å². The van der Waals surface area contributed by atoms with E-state index in [1.165, 1.54) is 32.2 Å². The van der Waals surface area contributed by atoms with E-state index in [1.54, 1.807) is 58.0 Å². The number of carbonyl (C=O) groups excluding carboxylic acids is 2. The van der Waals surface area contributed by atoms with Gasteiger partial charge >= 0.3 is 17.8 Å². The summed E-state index contributed by atoms with van der Waals surface area (Å²) in [5, 5.41) is -0.0137. The molecule has 1 atom stereocenters. The van der Waals surface area contributed by atoms with Crippen molar-refractivity contribution in [3.8, 4) is 11.4 Å². The summed E-state index contributed by atoms with van der Waals surface area (Å²) in [4.78, 5) is 44.5. The summed E-state index contributed by atoms with van der Waals surface area (Å²) in [6.07, 6.45) is -2.31. The van der Waals surface area contributed by atoms with Gasteiger partial charge in [-0.25, -0.2) is 32.4 Å². The predicted octanol–water partition coefficient (Wildman–Crippen LogP) is 5.07. The van der Waals surface area contributed by atoms with Crippen LogP contribution in [0.5, 0.6) is 5.75 Å². The van der Waals surface area contributed by atoms with Crippen LogP contribution in [-0.4, -0.2) is 55.1 Å². The summed E-state index contributed by atoms with van der Waals surface area (Å²) in [6.45, 7) is 7.75. The third kappa shape index (κ3) is 5.95. The smallest absolute Gasteiger partial charge is 0.495 e. The molecule has 0 radical (unpaired) electrons. The van der Waals surface area contributed by atoms with Gasteiger partial charge in [-0.1, -0.05) is 41.9 Å². The maximum Gasteiger partial charge on any atom is 0.511 e. The maximum atomic E-state index is 14.1. The molecule has 1 unspecified atom stereocenters. The van der Waals surface area contributed by atoms with E-state index in [-0.39, 0.29) is 44.8 Å². The molecule has 0 saturated carbocycles. The fourth-order valence-corrected chi connectivity index (χ4v) is 6.32. The first-order valence-electron chi connectivity index (χ1n) is 13.1. The molecule has 2 aromatic carbocycles. The van der Waals surface area contributed by atoms with Gasteiger partial charge in [0.2, 0.25) is 6.29 Å². The topological polar surface area (TPSA) is 156 Å². The van der Waals surface area contributed by atoms with Crippen molar-refractivity contribution < 1.29 is 37.0 Å². The lowest BCUT2D eigenvalue weighted by atomic mass is 10.0. The molecule has 0 aliphatic rings. The van der Waals surface area contributed by atoms with Crippen LogP contribution in [-0.2, 0) is 28.8 Å². The van der Waals surface area contributed by atoms with E-state index in [0.717, 1.165) is 4.57 Å². The maximum absolute atomic E-state index is 14.1. The minimum atomic E-state index is -4.14. The fourth-order valence-electron chi connectivity index (χ4n) is 4.42. The zero-order valence-electron chi connectivity index (χ0n) is 24.3. The summed E-state index contributed by atoms with van der Waals surface area (Å²) in [5.74, 6) is -0.967. The van der Waals surface area contributed by atoms with E-state index >= 15 is 0 Å². The van der Waals surface area contributed by atoms with Gasteiger partial charge in [-0.05, 0) is 51.0 Å². The lowest BCUT2D eigenvalue weighted by Gasteiger charge is -2.27. The van der Waals surface area contributed by atoms with E-state index in [2.05, 4.69) is 14.7 Å². The van der Waals surface area contributed by atoms with Crippen LogP contribution in [0.15, 0.2) is 58.2 Å². The number of fused-ring (bicyclic) bond motifs is 1. The molecule has 0 saturated heterocycles. The number of rotatable bonds is 9. The number of H-pyrrole nitrogens is 1. The zero-order valence-corrected chi connectivity index (χ0v) is 25.8. The molecule has 0 spiro atoms. The van der Waals surface area contributed by atoms with E-state index in [9.17, 15) is 22.8 Å². The van der Waals surface area contributed by atoms with Crippen LogP contribution in [0.2, 0.25) is 5.02 Å². The Balaban J connectivity index is 1.85. The molecule has 0 bridgehead atoms. The third-order valence-electron chi connectivity index (χ3n) is 6.76. The van der Waals surface area contributed by atoms with Crippen LogP contribution in [0.25, 0.3) is 16.9 Å². The predicted molar refractivity (Wildman–Crippen MR) is 158 cm³/mol. The highest BCUT2D eigenvalue weighted by Crippen LogP contribution is 2.41. The number of nitrogens with one attached hydrogen (secondary N) is 1. The molecule has 14 heteroatoms. The van der Waals surface area contributed by atoms with E-state index in [1.807, 2.05) is 0 Å². The summed E-state index contributed by atoms with van der Waals surface area (Å²) >= 11 is 6.58. The molecule has 43 heavy (non-hydrogen) atoms. The van der Waals surface area contributed by atoms with Gasteiger partial charge in [0.1, 0.15) is 10.6 Å². The number of halogens is 1. The van der Waals surface area contributed by atoms with Crippen LogP contribution in [0.1, 0.15) is 49.3 Å². The molecule has 0 amide bonds. The molecule has 12 nitrogen and oxygen atoms in total. The standard InChI is InChI=1S/C29H30ClN3O9S/c1-7-40-28(36)42-17(3)41-26(34)20-13-16(2)24-25(31-20)33(27(35)32-24)21-15-23(22(39-6)14-19(21)30)43(37,38)29(4,5)18-11-9-8-10-12-18/h8-15,17H,7H2,1-6H3,(H,32,35). The van der Waals surface area contributed by atoms with E-state index in [0.29, 0.717) is 11.1 Å². The number of sulfone groups is 1. The minimum Gasteiger partial charge on any atom is -0.495 e. The van der Waals surface area contributed by atoms with Crippen LogP contribution in [0.4, 0.5) is 4.79 Å². The molecule has 0 aliphatic heterocycles. The number of benzene rings is 2. The first kappa shape index (κ1) is 31.6. The van der Waals surface area contributed by atoms with Crippen molar-refractivity contribution in [3.63, 3.8) is 0 Å². The number of ether oxygens (including phenoxy) is 4. The second kappa shape index (κ2) is 12.1. The molecule has 228 valence electrons. The molecule has 2 aromatic heterocycles. The van der Waals surface area contributed by atoms with E-state index in [4.69, 9.17) is 25.8 Å². The average Bonchev–Trinajstić information content (AvgIpc) is 3.29. The highest BCUT2D eigenvalue weighted by Gasteiger charge is 2.40. The fraction of sp³-hybridized carbons (Fsp3) is 0.310. The average molecular weight is 632 g/mol. The number of hydrogen-bond donors (Lipinski definition) is 1. The van der Waals surface area contributed by atoms with Gasteiger partial charge < -0.3 is 23.9 Å². The quantitative estimate of drug-likeness (QED) is 0.195. The van der Waals surface area contributed by atoms with Crippen molar-refractivity contribution in [1.29, 1.82) is 0 Å². The number of imidazole rings is 1. The Labute approximate surface area is 252 Å². The highest BCUT2D eigenvalue weighted by atomic mass is 35.5. The lowest BCUT2D eigenvalue weighted by molar-refractivity contribution is -0.0814. The molecule has 2 heterocycles. The first-order valence-corrected chi connectivity index (χ1v) is 14.9. The monoisotopic (exact) mass is 631 g/mol. The van der Waals surface area contributed by atoms with Gasteiger partial charge in [-0.3, -0.25) is 0 Å². The third-order valence-corrected chi connectivity index (χ3v) is 9.54. The van der Waals surface area contributed by atoms with Gasteiger partial charge in [0.05, 0.1) is 34.7 Å². The minimum absolute atomic E-state index is 0.0137. The van der Waals surface area contributed by atoms with Crippen LogP contribution >= 0.6 is 11.6 Å². The number of nitrogens with zero attached hydrogens (tertiary/aromatic N) is 2. The number of aromatic nitrogens is 3. The molecule has 0 aliphatic carbocycles. The van der Waals surface area contributed by atoms with Gasteiger partial charge in [0.15, 0.2) is 21.2 Å². The summed E-state index contributed by atoms with van der Waals surface area (Å²) in [6, 6.07) is 12.6. The molecular formula is C29H30ClN3O9S. The van der Waals surface area contributed by atoms with Crippen molar-refractivity contribution in [2.45, 2.75) is 50.6 Å². The number of esters is 1. The SMILES string of the molecule is CCOC(=O)OC(C)OC(=O)c1cc(C)c2[nH]c(=O)n(-c3cc(S(=O)(=O)C(C)(C)c4ccccc4)c(OC)cc3Cl)c2n1. The van der Waals surface area contributed by atoms with Crippen molar-refractivity contribution in [2.75, 3.05) is 13.7 Å². The number of carbonyl (C=O) groups is 2. The molecule has 0 fully saturated rings. The second-order valence-corrected chi connectivity index (χ2v) is 12.8. The number of hydrogen-bond acceptors (Lipinski definition) is 10. The Morgan fingerprint density at radius 3 is 2.42 bits per heavy atom. The van der Waals surface area contributed by atoms with Crippen molar-refractivity contribution >= 4 is 44.7 Å². The highest BCUT2D eigenvalue weighted by molar-refractivity contribution is 7.92. The molecule has 4 rings (SSSR count). The molecule has 4 aromatic rings. The summed E-state index contributed by atoms with van der Waals surface area (Å²) < 4.78 is 48.0. The molecular weight excluding hydrogens is 602 g/mol. The van der Waals surface area contributed by atoms with Gasteiger partial charge in [0, 0.05) is 13.0 Å². The Morgan fingerprint density at radius 1 is 1.12 bits per heavy atom. The number of aryl methyl sites for hydroxylation is 1. The first-order chi connectivity index (χ1) is 20.2. The van der Waals surface area contributed by atoms with Crippen molar-refractivity contribution in [2.24, 2.45) is 0 Å². The summed E-state index contributed by atoms with van der Waals surface area (Å²) in [7, 11) is -2.83. The Bertz CT molecular complexity index is 1870. The molecule has 1 N–H and O–H groups in total. The number of aromatic amines is 1. The van der Waals surface area contributed by atoms with Crippen molar-refractivity contribution in [3.05, 3.63) is 80.9 Å². The second-order valence-electron chi connectivity index (χ2n) is 9.90. The number of methoxy groups -OCH3 is 1. The van der Waals surface area contributed by atoms with Gasteiger partial charge in [-0.2, -0.15) is 0 Å². The van der Waals surface area contributed by atoms with E-state index < -0.39 is 38.7 Å². The largest absolute Gasteiger partial charge is 0.511 e. The zero-order chi connectivity index (χ0) is 31.7.